The van der Waals surface area contributed by atoms with Crippen molar-refractivity contribution >= 4 is 0 Å². The number of aliphatic hydroxyl groups excluding tert-OH is 1. The second-order valence-electron chi connectivity index (χ2n) is 5.60. The first-order valence-corrected chi connectivity index (χ1v) is 7.35. The molecule has 5 heteroatoms. The quantitative estimate of drug-likeness (QED) is 0.854. The molecule has 112 valence electrons. The van der Waals surface area contributed by atoms with Crippen molar-refractivity contribution in [2.24, 2.45) is 0 Å². The molecule has 1 unspecified atom stereocenters. The second kappa shape index (κ2) is 5.97. The van der Waals surface area contributed by atoms with Crippen LogP contribution in [-0.2, 0) is 18.6 Å². The molecular weight excluding hydrogens is 264 g/mol. The Kier molecular flexibility index (Phi) is 4.05. The first kappa shape index (κ1) is 14.3. The van der Waals surface area contributed by atoms with Crippen LogP contribution in [0, 0.1) is 0 Å². The van der Waals surface area contributed by atoms with Crippen molar-refractivity contribution in [3.63, 3.8) is 0 Å². The summed E-state index contributed by atoms with van der Waals surface area (Å²) in [6.45, 7) is 3.58. The number of nitrogens with zero attached hydrogens (tertiary/aromatic N) is 3. The number of fused-ring (bicyclic) bond motifs is 1. The first-order chi connectivity index (χ1) is 10.3. The fourth-order valence-electron chi connectivity index (χ4n) is 3.03. The minimum absolute atomic E-state index is 0.0679. The fourth-order valence-corrected chi connectivity index (χ4v) is 3.03. The fraction of sp³-hybridized carbons (Fsp3) is 0.438. The van der Waals surface area contributed by atoms with Gasteiger partial charge < -0.3 is 15.0 Å². The molecule has 2 N–H and O–H groups in total. The summed E-state index contributed by atoms with van der Waals surface area (Å²) in [6.07, 6.45) is 3.88. The molecule has 1 atom stereocenters. The molecule has 21 heavy (non-hydrogen) atoms. The summed E-state index contributed by atoms with van der Waals surface area (Å²) in [6, 6.07) is 10.2. The number of likely N-dealkylation sites (N-methyl/N-ethyl adjacent to an activating group) is 1. The van der Waals surface area contributed by atoms with E-state index in [1.807, 2.05) is 37.6 Å². The van der Waals surface area contributed by atoms with E-state index in [0.29, 0.717) is 0 Å². The van der Waals surface area contributed by atoms with E-state index in [1.54, 1.807) is 0 Å². The lowest BCUT2D eigenvalue weighted by atomic mass is 9.90. The summed E-state index contributed by atoms with van der Waals surface area (Å²) in [5.41, 5.74) is 0.680. The molecule has 0 saturated carbocycles. The Bertz CT molecular complexity index is 577. The van der Waals surface area contributed by atoms with Crippen LogP contribution in [0.15, 0.2) is 42.7 Å². The van der Waals surface area contributed by atoms with Crippen LogP contribution in [0.25, 0.3) is 0 Å². The van der Waals surface area contributed by atoms with Gasteiger partial charge in [-0.25, -0.2) is 4.98 Å². The van der Waals surface area contributed by atoms with Crippen LogP contribution in [0.4, 0.5) is 0 Å². The third-order valence-corrected chi connectivity index (χ3v) is 4.39. The zero-order chi connectivity index (χ0) is 14.7. The maximum Gasteiger partial charge on any atom is 0.122 e. The number of aromatic nitrogens is 2. The Hall–Kier alpha value is -1.69. The topological polar surface area (TPSA) is 53.3 Å². The minimum atomic E-state index is -0.435. The molecule has 0 amide bonds. The van der Waals surface area contributed by atoms with E-state index in [1.165, 1.54) is 0 Å². The maximum absolute atomic E-state index is 10.0. The van der Waals surface area contributed by atoms with Crippen LogP contribution < -0.4 is 5.32 Å². The molecule has 1 aliphatic heterocycles. The Morgan fingerprint density at radius 2 is 2.10 bits per heavy atom. The summed E-state index contributed by atoms with van der Waals surface area (Å²) >= 11 is 0. The van der Waals surface area contributed by atoms with Crippen LogP contribution >= 0.6 is 0 Å². The van der Waals surface area contributed by atoms with E-state index in [9.17, 15) is 5.11 Å². The average Bonchev–Trinajstić information content (AvgIpc) is 3.01. The Balaban J connectivity index is 1.80. The Morgan fingerprint density at radius 1 is 1.29 bits per heavy atom. The molecule has 0 saturated heterocycles. The van der Waals surface area contributed by atoms with E-state index in [0.717, 1.165) is 37.6 Å². The Labute approximate surface area is 125 Å². The van der Waals surface area contributed by atoms with Gasteiger partial charge in [-0.05, 0) is 12.6 Å². The van der Waals surface area contributed by atoms with E-state index >= 15 is 0 Å². The summed E-state index contributed by atoms with van der Waals surface area (Å²) in [7, 11) is 1.91. The largest absolute Gasteiger partial charge is 0.394 e. The monoisotopic (exact) mass is 286 g/mol. The Morgan fingerprint density at radius 3 is 2.81 bits per heavy atom. The molecule has 0 aliphatic carbocycles. The number of imidazole rings is 1. The molecule has 2 aromatic rings. The van der Waals surface area contributed by atoms with Crippen LogP contribution in [0.2, 0.25) is 0 Å². The predicted molar refractivity (Wildman–Crippen MR) is 81.8 cm³/mol. The molecule has 0 bridgehead atoms. The minimum Gasteiger partial charge on any atom is -0.394 e. The molecule has 2 heterocycles. The average molecular weight is 286 g/mol. The van der Waals surface area contributed by atoms with Gasteiger partial charge in [0.05, 0.1) is 18.7 Å². The normalized spacial score (nSPS) is 18.2. The SMILES string of the molecule is CNC(CO)(CN1CCn2ccnc2C1)c1ccccc1. The van der Waals surface area contributed by atoms with E-state index in [4.69, 9.17) is 0 Å². The number of nitrogens with one attached hydrogen (secondary N) is 1. The number of hydrogen-bond donors (Lipinski definition) is 2. The van der Waals surface area contributed by atoms with Crippen molar-refractivity contribution in [2.45, 2.75) is 18.6 Å². The molecule has 3 rings (SSSR count). The number of benzene rings is 1. The van der Waals surface area contributed by atoms with Gasteiger partial charge in [-0.15, -0.1) is 0 Å². The lowest BCUT2D eigenvalue weighted by Crippen LogP contribution is -2.53. The molecule has 5 nitrogen and oxygen atoms in total. The third kappa shape index (κ3) is 2.72. The van der Waals surface area contributed by atoms with E-state index in [2.05, 4.69) is 31.9 Å². The van der Waals surface area contributed by atoms with Gasteiger partial charge in [0.15, 0.2) is 0 Å². The zero-order valence-electron chi connectivity index (χ0n) is 12.4. The third-order valence-electron chi connectivity index (χ3n) is 4.39. The molecule has 1 aromatic carbocycles. The number of rotatable bonds is 5. The molecular formula is C16H22N4O. The lowest BCUT2D eigenvalue weighted by molar-refractivity contribution is 0.0964. The molecule has 1 aliphatic rings. The standard InChI is InChI=1S/C16H22N4O/c1-17-16(13-21,14-5-3-2-4-6-14)12-19-9-10-20-8-7-18-15(20)11-19/h2-8,17,21H,9-13H2,1H3. The van der Waals surface area contributed by atoms with Crippen LogP contribution in [0.1, 0.15) is 11.4 Å². The van der Waals surface area contributed by atoms with E-state index in [-0.39, 0.29) is 6.61 Å². The highest BCUT2D eigenvalue weighted by Crippen LogP contribution is 2.23. The van der Waals surface area contributed by atoms with Crippen molar-refractivity contribution in [1.82, 2.24) is 19.8 Å². The van der Waals surface area contributed by atoms with Gasteiger partial charge in [0.1, 0.15) is 5.82 Å². The van der Waals surface area contributed by atoms with Gasteiger partial charge in [0.2, 0.25) is 0 Å². The zero-order valence-corrected chi connectivity index (χ0v) is 12.4. The summed E-state index contributed by atoms with van der Waals surface area (Å²) < 4.78 is 2.19. The molecule has 1 aromatic heterocycles. The lowest BCUT2D eigenvalue weighted by Gasteiger charge is -2.39. The predicted octanol–water partition coefficient (Wildman–Crippen LogP) is 0.806. The van der Waals surface area contributed by atoms with Crippen LogP contribution in [0.3, 0.4) is 0 Å². The van der Waals surface area contributed by atoms with Crippen LogP contribution in [0.5, 0.6) is 0 Å². The van der Waals surface area contributed by atoms with Gasteiger partial charge >= 0.3 is 0 Å². The van der Waals surface area contributed by atoms with Crippen molar-refractivity contribution in [1.29, 1.82) is 0 Å². The highest BCUT2D eigenvalue weighted by molar-refractivity contribution is 5.25. The summed E-state index contributed by atoms with van der Waals surface area (Å²) in [4.78, 5) is 6.75. The van der Waals surface area contributed by atoms with Gasteiger partial charge in [-0.3, -0.25) is 4.90 Å². The molecule has 0 radical (unpaired) electrons. The number of hydrogen-bond acceptors (Lipinski definition) is 4. The van der Waals surface area contributed by atoms with Gasteiger partial charge in [0.25, 0.3) is 0 Å². The number of aliphatic hydroxyl groups is 1. The smallest absolute Gasteiger partial charge is 0.122 e. The van der Waals surface area contributed by atoms with Crippen molar-refractivity contribution in [2.75, 3.05) is 26.7 Å². The van der Waals surface area contributed by atoms with Crippen LogP contribution in [-0.4, -0.2) is 46.3 Å². The van der Waals surface area contributed by atoms with Crippen molar-refractivity contribution in [3.8, 4) is 0 Å². The van der Waals surface area contributed by atoms with E-state index < -0.39 is 5.54 Å². The summed E-state index contributed by atoms with van der Waals surface area (Å²) in [5, 5.41) is 13.3. The van der Waals surface area contributed by atoms with Gasteiger partial charge in [-0.1, -0.05) is 30.3 Å². The maximum atomic E-state index is 10.0. The first-order valence-electron chi connectivity index (χ1n) is 7.35. The summed E-state index contributed by atoms with van der Waals surface area (Å²) in [5.74, 6) is 1.09. The highest BCUT2D eigenvalue weighted by Gasteiger charge is 2.33. The van der Waals surface area contributed by atoms with Gasteiger partial charge in [0, 0.05) is 32.0 Å². The molecule has 0 spiro atoms. The van der Waals surface area contributed by atoms with Crippen molar-refractivity contribution < 1.29 is 5.11 Å². The molecule has 0 fully saturated rings. The second-order valence-corrected chi connectivity index (χ2v) is 5.60. The van der Waals surface area contributed by atoms with Gasteiger partial charge in [-0.2, -0.15) is 0 Å². The van der Waals surface area contributed by atoms with Crippen molar-refractivity contribution in [3.05, 3.63) is 54.1 Å². The highest BCUT2D eigenvalue weighted by atomic mass is 16.3.